The van der Waals surface area contributed by atoms with Crippen molar-refractivity contribution in [3.63, 3.8) is 0 Å². The van der Waals surface area contributed by atoms with Crippen LogP contribution in [0.3, 0.4) is 0 Å². The number of sulfonamides is 1. The van der Waals surface area contributed by atoms with Crippen molar-refractivity contribution in [1.82, 2.24) is 4.72 Å². The maximum atomic E-state index is 13.6. The predicted octanol–water partition coefficient (Wildman–Crippen LogP) is 0.988. The lowest BCUT2D eigenvalue weighted by atomic mass is 10.0. The van der Waals surface area contributed by atoms with Crippen molar-refractivity contribution >= 4 is 10.0 Å². The van der Waals surface area contributed by atoms with Crippen molar-refractivity contribution < 1.29 is 17.5 Å². The van der Waals surface area contributed by atoms with Crippen LogP contribution >= 0.6 is 0 Å². The Morgan fingerprint density at radius 3 is 2.85 bits per heavy atom. The van der Waals surface area contributed by atoms with Crippen molar-refractivity contribution in [3.05, 3.63) is 29.6 Å². The normalized spacial score (nSPS) is 23.1. The van der Waals surface area contributed by atoms with Crippen LogP contribution in [0.1, 0.15) is 18.9 Å². The summed E-state index contributed by atoms with van der Waals surface area (Å²) in [6, 6.07) is 3.93. The minimum absolute atomic E-state index is 0.00993. The summed E-state index contributed by atoms with van der Waals surface area (Å²) in [4.78, 5) is -0.0911. The summed E-state index contributed by atoms with van der Waals surface area (Å²) in [7, 11) is -3.76. The van der Waals surface area contributed by atoms with E-state index < -0.39 is 15.8 Å². The van der Waals surface area contributed by atoms with Crippen LogP contribution in [0.25, 0.3) is 0 Å². The first kappa shape index (κ1) is 15.4. The van der Waals surface area contributed by atoms with Gasteiger partial charge in [0.2, 0.25) is 10.0 Å². The van der Waals surface area contributed by atoms with Crippen molar-refractivity contribution in [2.45, 2.75) is 30.9 Å². The molecule has 7 heteroatoms. The lowest BCUT2D eigenvalue weighted by Crippen LogP contribution is -2.32. The first-order valence-electron chi connectivity index (χ1n) is 6.54. The highest BCUT2D eigenvalue weighted by atomic mass is 32.2. The largest absolute Gasteiger partial charge is 0.378 e. The van der Waals surface area contributed by atoms with E-state index in [1.807, 2.05) is 6.92 Å². The van der Waals surface area contributed by atoms with E-state index in [-0.39, 0.29) is 35.6 Å². The van der Waals surface area contributed by atoms with Gasteiger partial charge in [0.05, 0.1) is 11.0 Å². The maximum Gasteiger partial charge on any atom is 0.241 e. The number of ether oxygens (including phenoxy) is 1. The summed E-state index contributed by atoms with van der Waals surface area (Å²) >= 11 is 0. The third-order valence-electron chi connectivity index (χ3n) is 3.64. The van der Waals surface area contributed by atoms with Crippen molar-refractivity contribution in [2.24, 2.45) is 11.7 Å². The zero-order chi connectivity index (χ0) is 14.8. The van der Waals surface area contributed by atoms with Gasteiger partial charge in [-0.05, 0) is 25.5 Å². The lowest BCUT2D eigenvalue weighted by molar-refractivity contribution is 0.107. The molecule has 20 heavy (non-hydrogen) atoms. The minimum atomic E-state index is -3.76. The smallest absolute Gasteiger partial charge is 0.241 e. The van der Waals surface area contributed by atoms with Gasteiger partial charge in [0.25, 0.3) is 0 Å². The van der Waals surface area contributed by atoms with Gasteiger partial charge in [-0.2, -0.15) is 0 Å². The second kappa shape index (κ2) is 6.17. The molecule has 2 unspecified atom stereocenters. The minimum Gasteiger partial charge on any atom is -0.378 e. The Bertz CT molecular complexity index is 577. The van der Waals surface area contributed by atoms with E-state index in [0.717, 1.165) is 6.42 Å². The van der Waals surface area contributed by atoms with Gasteiger partial charge in [0.1, 0.15) is 5.82 Å². The van der Waals surface area contributed by atoms with Crippen LogP contribution in [-0.4, -0.2) is 27.7 Å². The fraction of sp³-hybridized carbons (Fsp3) is 0.538. The Hall–Kier alpha value is -1.02. The molecule has 5 nitrogen and oxygen atoms in total. The Morgan fingerprint density at radius 1 is 1.50 bits per heavy atom. The first-order chi connectivity index (χ1) is 9.45. The molecular formula is C13H19FN2O3S. The fourth-order valence-corrected chi connectivity index (χ4v) is 3.68. The fourth-order valence-electron chi connectivity index (χ4n) is 2.33. The average Bonchev–Trinajstić information content (AvgIpc) is 2.82. The third-order valence-corrected chi connectivity index (χ3v) is 5.15. The molecule has 0 radical (unpaired) electrons. The van der Waals surface area contributed by atoms with Crippen LogP contribution in [-0.2, 0) is 21.3 Å². The number of nitrogens with two attached hydrogens (primary N) is 1. The van der Waals surface area contributed by atoms with Crippen molar-refractivity contribution in [3.8, 4) is 0 Å². The van der Waals surface area contributed by atoms with E-state index in [0.29, 0.717) is 6.61 Å². The molecule has 0 bridgehead atoms. The number of halogens is 1. The highest BCUT2D eigenvalue weighted by Gasteiger charge is 2.27. The van der Waals surface area contributed by atoms with Crippen LogP contribution in [0, 0.1) is 11.7 Å². The Balaban J connectivity index is 2.16. The molecular weight excluding hydrogens is 283 g/mol. The standard InChI is InChI=1S/C13H19FN2O3S/c1-9-10(5-6-19-9)8-16-20(17,18)13-4-2-3-12(14)11(13)7-15/h2-4,9-10,16H,5-8,15H2,1H3. The average molecular weight is 302 g/mol. The molecule has 0 amide bonds. The van der Waals surface area contributed by atoms with E-state index in [2.05, 4.69) is 4.72 Å². The van der Waals surface area contributed by atoms with Crippen LogP contribution < -0.4 is 10.5 Å². The van der Waals surface area contributed by atoms with Crippen LogP contribution in [0.5, 0.6) is 0 Å². The second-order valence-corrected chi connectivity index (χ2v) is 6.63. The molecule has 0 saturated carbocycles. The Morgan fingerprint density at radius 2 is 2.25 bits per heavy atom. The van der Waals surface area contributed by atoms with E-state index in [1.54, 1.807) is 0 Å². The van der Waals surface area contributed by atoms with E-state index in [1.165, 1.54) is 18.2 Å². The van der Waals surface area contributed by atoms with Crippen LogP contribution in [0.2, 0.25) is 0 Å². The summed E-state index contributed by atoms with van der Waals surface area (Å²) in [6.45, 7) is 2.68. The molecule has 2 atom stereocenters. The number of benzene rings is 1. The molecule has 1 aliphatic rings. The first-order valence-corrected chi connectivity index (χ1v) is 8.02. The quantitative estimate of drug-likeness (QED) is 0.850. The molecule has 2 rings (SSSR count). The van der Waals surface area contributed by atoms with E-state index in [4.69, 9.17) is 10.5 Å². The molecule has 0 aliphatic carbocycles. The van der Waals surface area contributed by atoms with Gasteiger partial charge < -0.3 is 10.5 Å². The molecule has 1 aliphatic heterocycles. The highest BCUT2D eigenvalue weighted by Crippen LogP contribution is 2.22. The van der Waals surface area contributed by atoms with Gasteiger partial charge in [-0.25, -0.2) is 17.5 Å². The molecule has 1 aromatic rings. The van der Waals surface area contributed by atoms with E-state index in [9.17, 15) is 12.8 Å². The Kier molecular flexibility index (Phi) is 4.74. The Labute approximate surface area is 118 Å². The van der Waals surface area contributed by atoms with Crippen LogP contribution in [0.15, 0.2) is 23.1 Å². The van der Waals surface area contributed by atoms with Crippen LogP contribution in [0.4, 0.5) is 4.39 Å². The molecule has 1 saturated heterocycles. The van der Waals surface area contributed by atoms with Crippen molar-refractivity contribution in [2.75, 3.05) is 13.2 Å². The van der Waals surface area contributed by atoms with Gasteiger partial charge in [-0.1, -0.05) is 6.07 Å². The molecule has 0 spiro atoms. The topological polar surface area (TPSA) is 81.4 Å². The SMILES string of the molecule is CC1OCCC1CNS(=O)(=O)c1cccc(F)c1CN. The van der Waals surface area contributed by atoms with Crippen molar-refractivity contribution in [1.29, 1.82) is 0 Å². The molecule has 3 N–H and O–H groups in total. The number of hydrogen-bond donors (Lipinski definition) is 2. The molecule has 1 heterocycles. The molecule has 1 fully saturated rings. The third kappa shape index (κ3) is 3.17. The predicted molar refractivity (Wildman–Crippen MR) is 73.0 cm³/mol. The molecule has 112 valence electrons. The molecule has 0 aromatic heterocycles. The summed E-state index contributed by atoms with van der Waals surface area (Å²) in [5.41, 5.74) is 5.45. The van der Waals surface area contributed by atoms with Gasteiger partial charge in [0.15, 0.2) is 0 Å². The lowest BCUT2D eigenvalue weighted by Gasteiger charge is -2.16. The van der Waals surface area contributed by atoms with Gasteiger partial charge in [0, 0.05) is 31.2 Å². The summed E-state index contributed by atoms with van der Waals surface area (Å²) in [5, 5.41) is 0. The van der Waals surface area contributed by atoms with Gasteiger partial charge in [-0.3, -0.25) is 0 Å². The second-order valence-electron chi connectivity index (χ2n) is 4.90. The molecule has 1 aromatic carbocycles. The monoisotopic (exact) mass is 302 g/mol. The summed E-state index contributed by atoms with van der Waals surface area (Å²) < 4.78 is 46.0. The number of rotatable bonds is 5. The zero-order valence-corrected chi connectivity index (χ0v) is 12.1. The summed E-state index contributed by atoms with van der Waals surface area (Å²) in [6.07, 6.45) is 0.843. The van der Waals surface area contributed by atoms with Gasteiger partial charge >= 0.3 is 0 Å². The highest BCUT2D eigenvalue weighted by molar-refractivity contribution is 7.89. The number of nitrogens with one attached hydrogen (secondary N) is 1. The van der Waals surface area contributed by atoms with E-state index >= 15 is 0 Å². The maximum absolute atomic E-state index is 13.6. The zero-order valence-electron chi connectivity index (χ0n) is 11.3. The summed E-state index contributed by atoms with van der Waals surface area (Å²) in [5.74, 6) is -0.465. The van der Waals surface area contributed by atoms with Gasteiger partial charge in [-0.15, -0.1) is 0 Å². The number of hydrogen-bond acceptors (Lipinski definition) is 4.